The van der Waals surface area contributed by atoms with Crippen LogP contribution in [0.3, 0.4) is 0 Å². The highest BCUT2D eigenvalue weighted by atomic mass is 16.4. The van der Waals surface area contributed by atoms with Gasteiger partial charge in [-0.2, -0.15) is 0 Å². The van der Waals surface area contributed by atoms with Crippen molar-refractivity contribution in [2.45, 2.75) is 32.1 Å². The summed E-state index contributed by atoms with van der Waals surface area (Å²) >= 11 is 0. The number of aryl methyl sites for hydroxylation is 1. The SMILES string of the molecule is CN1C(=O)CCc2cc(-c3cncc4c3CCCC4=CC(=O)O)ccc21. The Morgan fingerprint density at radius 1 is 1.15 bits per heavy atom. The minimum Gasteiger partial charge on any atom is -0.478 e. The summed E-state index contributed by atoms with van der Waals surface area (Å²) in [5.74, 6) is -0.771. The lowest BCUT2D eigenvalue weighted by molar-refractivity contribution is -0.131. The number of pyridine rings is 1. The summed E-state index contributed by atoms with van der Waals surface area (Å²) in [5, 5.41) is 9.13. The smallest absolute Gasteiger partial charge is 0.328 e. The fourth-order valence-electron chi connectivity index (χ4n) is 4.00. The molecule has 0 saturated carbocycles. The Hall–Kier alpha value is -2.95. The van der Waals surface area contributed by atoms with Crippen LogP contribution in [0.1, 0.15) is 36.0 Å². The minimum atomic E-state index is -0.917. The van der Waals surface area contributed by atoms with E-state index in [2.05, 4.69) is 11.1 Å². The van der Waals surface area contributed by atoms with E-state index in [0.717, 1.165) is 53.6 Å². The molecule has 1 aromatic carbocycles. The first kappa shape index (κ1) is 16.5. The average Bonchev–Trinajstić information content (AvgIpc) is 2.64. The van der Waals surface area contributed by atoms with Gasteiger partial charge in [0.1, 0.15) is 0 Å². The number of hydrogen-bond donors (Lipinski definition) is 1. The Bertz CT molecular complexity index is 946. The maximum absolute atomic E-state index is 11.9. The van der Waals surface area contributed by atoms with E-state index in [9.17, 15) is 9.59 Å². The fraction of sp³-hybridized carbons (Fsp3) is 0.286. The first-order chi connectivity index (χ1) is 12.5. The maximum atomic E-state index is 11.9. The number of anilines is 1. The van der Waals surface area contributed by atoms with Crippen molar-refractivity contribution in [3.8, 4) is 11.1 Å². The number of carbonyl (C=O) groups is 2. The number of fused-ring (bicyclic) bond motifs is 2. The van der Waals surface area contributed by atoms with Crippen molar-refractivity contribution in [1.82, 2.24) is 4.98 Å². The van der Waals surface area contributed by atoms with Gasteiger partial charge >= 0.3 is 5.97 Å². The number of nitrogens with zero attached hydrogens (tertiary/aromatic N) is 2. The highest BCUT2D eigenvalue weighted by molar-refractivity contribution is 5.96. The molecule has 5 nitrogen and oxygen atoms in total. The fourth-order valence-corrected chi connectivity index (χ4v) is 4.00. The first-order valence-corrected chi connectivity index (χ1v) is 8.85. The molecule has 1 aliphatic carbocycles. The number of hydrogen-bond acceptors (Lipinski definition) is 3. The summed E-state index contributed by atoms with van der Waals surface area (Å²) in [7, 11) is 1.81. The topological polar surface area (TPSA) is 70.5 Å². The summed E-state index contributed by atoms with van der Waals surface area (Å²) < 4.78 is 0. The molecule has 2 heterocycles. The zero-order chi connectivity index (χ0) is 18.3. The Morgan fingerprint density at radius 3 is 2.77 bits per heavy atom. The second-order valence-corrected chi connectivity index (χ2v) is 6.87. The van der Waals surface area contributed by atoms with Crippen LogP contribution in [0.5, 0.6) is 0 Å². The average molecular weight is 348 g/mol. The second kappa shape index (κ2) is 6.41. The van der Waals surface area contributed by atoms with Crippen LogP contribution in [0.25, 0.3) is 16.7 Å². The number of allylic oxidation sites excluding steroid dienone is 1. The molecule has 1 amide bonds. The summed E-state index contributed by atoms with van der Waals surface area (Å²) in [6.07, 6.45) is 8.84. The lowest BCUT2D eigenvalue weighted by atomic mass is 9.84. The number of aliphatic carboxylic acids is 1. The highest BCUT2D eigenvalue weighted by Crippen LogP contribution is 2.38. The summed E-state index contributed by atoms with van der Waals surface area (Å²) in [5.41, 5.74) is 7.22. The van der Waals surface area contributed by atoms with Crippen molar-refractivity contribution >= 4 is 23.1 Å². The van der Waals surface area contributed by atoms with Crippen molar-refractivity contribution < 1.29 is 14.7 Å². The van der Waals surface area contributed by atoms with Crippen LogP contribution >= 0.6 is 0 Å². The van der Waals surface area contributed by atoms with Gasteiger partial charge in [-0.05, 0) is 60.1 Å². The molecule has 0 unspecified atom stereocenters. The molecule has 5 heteroatoms. The van der Waals surface area contributed by atoms with Crippen LogP contribution < -0.4 is 4.90 Å². The van der Waals surface area contributed by atoms with E-state index in [4.69, 9.17) is 5.11 Å². The Morgan fingerprint density at radius 2 is 1.96 bits per heavy atom. The largest absolute Gasteiger partial charge is 0.478 e. The van der Waals surface area contributed by atoms with Crippen molar-refractivity contribution in [2.24, 2.45) is 0 Å². The molecule has 0 atom stereocenters. The van der Waals surface area contributed by atoms with Gasteiger partial charge in [-0.25, -0.2) is 4.79 Å². The molecule has 2 aromatic rings. The first-order valence-electron chi connectivity index (χ1n) is 8.85. The lowest BCUT2D eigenvalue weighted by Gasteiger charge is -2.27. The second-order valence-electron chi connectivity index (χ2n) is 6.87. The van der Waals surface area contributed by atoms with Gasteiger partial charge in [0.15, 0.2) is 0 Å². The van der Waals surface area contributed by atoms with E-state index in [-0.39, 0.29) is 5.91 Å². The molecule has 0 fully saturated rings. The third-order valence-electron chi connectivity index (χ3n) is 5.31. The third-order valence-corrected chi connectivity index (χ3v) is 5.31. The van der Waals surface area contributed by atoms with Crippen molar-refractivity contribution in [3.05, 3.63) is 53.4 Å². The van der Waals surface area contributed by atoms with Gasteiger partial charge in [-0.1, -0.05) is 6.07 Å². The highest BCUT2D eigenvalue weighted by Gasteiger charge is 2.23. The molecule has 0 radical (unpaired) electrons. The van der Waals surface area contributed by atoms with Gasteiger partial charge in [0.25, 0.3) is 0 Å². The normalized spacial score (nSPS) is 17.8. The number of carboxylic acids is 1. The number of carbonyl (C=O) groups excluding carboxylic acids is 1. The molecule has 1 N–H and O–H groups in total. The van der Waals surface area contributed by atoms with Crippen LogP contribution in [0, 0.1) is 0 Å². The zero-order valence-corrected chi connectivity index (χ0v) is 14.7. The summed E-state index contributed by atoms with van der Waals surface area (Å²) in [4.78, 5) is 29.1. The maximum Gasteiger partial charge on any atom is 0.328 e. The van der Waals surface area contributed by atoms with Crippen molar-refractivity contribution in [2.75, 3.05) is 11.9 Å². The van der Waals surface area contributed by atoms with Crippen molar-refractivity contribution in [3.63, 3.8) is 0 Å². The van der Waals surface area contributed by atoms with Crippen LogP contribution in [0.4, 0.5) is 5.69 Å². The molecule has 0 bridgehead atoms. The molecule has 1 aliphatic heterocycles. The quantitative estimate of drug-likeness (QED) is 0.844. The van der Waals surface area contributed by atoms with E-state index >= 15 is 0 Å². The molecule has 132 valence electrons. The lowest BCUT2D eigenvalue weighted by Crippen LogP contribution is -2.31. The minimum absolute atomic E-state index is 0.146. The molecule has 26 heavy (non-hydrogen) atoms. The monoisotopic (exact) mass is 348 g/mol. The molecule has 1 aromatic heterocycles. The predicted molar refractivity (Wildman–Crippen MR) is 100.0 cm³/mol. The molecule has 2 aliphatic rings. The standard InChI is InChI=1S/C21H20N2O3/c1-23-19-7-5-14(9-15(19)6-8-20(23)24)18-12-22-11-17-13(10-21(25)26)3-2-4-16(17)18/h5,7,9-12H,2-4,6,8H2,1H3,(H,25,26). The zero-order valence-electron chi connectivity index (χ0n) is 14.7. The van der Waals surface area contributed by atoms with Crippen LogP contribution in [-0.2, 0) is 22.4 Å². The number of rotatable bonds is 2. The number of benzene rings is 1. The van der Waals surface area contributed by atoms with Gasteiger partial charge in [0.05, 0.1) is 0 Å². The number of carboxylic acid groups (broad SMARTS) is 1. The van der Waals surface area contributed by atoms with Crippen LogP contribution in [-0.4, -0.2) is 29.0 Å². The van der Waals surface area contributed by atoms with Crippen LogP contribution in [0.15, 0.2) is 36.7 Å². The van der Waals surface area contributed by atoms with Crippen LogP contribution in [0.2, 0.25) is 0 Å². The molecule has 4 rings (SSSR count). The van der Waals surface area contributed by atoms with Crippen molar-refractivity contribution in [1.29, 1.82) is 0 Å². The molecular weight excluding hydrogens is 328 g/mol. The Labute approximate surface area is 152 Å². The summed E-state index contributed by atoms with van der Waals surface area (Å²) in [6.45, 7) is 0. The number of amides is 1. The van der Waals surface area contributed by atoms with E-state index in [0.29, 0.717) is 6.42 Å². The van der Waals surface area contributed by atoms with E-state index in [1.54, 1.807) is 11.1 Å². The molecular formula is C21H20N2O3. The van der Waals surface area contributed by atoms with Gasteiger partial charge in [0.2, 0.25) is 5.91 Å². The predicted octanol–water partition coefficient (Wildman–Crippen LogP) is 3.46. The Balaban J connectivity index is 1.81. The summed E-state index contributed by atoms with van der Waals surface area (Å²) in [6, 6.07) is 6.17. The van der Waals surface area contributed by atoms with E-state index in [1.165, 1.54) is 17.2 Å². The third kappa shape index (κ3) is 2.79. The van der Waals surface area contributed by atoms with Gasteiger partial charge in [-0.15, -0.1) is 0 Å². The van der Waals surface area contributed by atoms with E-state index < -0.39 is 5.97 Å². The Kier molecular flexibility index (Phi) is 4.07. The number of aromatic nitrogens is 1. The van der Waals surface area contributed by atoms with E-state index in [1.807, 2.05) is 25.4 Å². The molecule has 0 saturated heterocycles. The van der Waals surface area contributed by atoms with Gasteiger partial charge in [0, 0.05) is 48.8 Å². The van der Waals surface area contributed by atoms with Gasteiger partial charge < -0.3 is 10.0 Å². The van der Waals surface area contributed by atoms with Gasteiger partial charge in [-0.3, -0.25) is 9.78 Å². The molecule has 0 spiro atoms.